The van der Waals surface area contributed by atoms with Gasteiger partial charge in [-0.2, -0.15) is 0 Å². The number of nitrogens with zero attached hydrogens (tertiary/aromatic N) is 1. The molecule has 0 aromatic carbocycles. The number of allylic oxidation sites excluding steroid dienone is 4. The zero-order chi connectivity index (χ0) is 41.7. The molecule has 0 spiro atoms. The number of carbonyl (C=O) groups excluding carboxylic acids is 3. The van der Waals surface area contributed by atoms with Crippen LogP contribution in [-0.2, 0) is 28.6 Å². The summed E-state index contributed by atoms with van der Waals surface area (Å²) in [4.78, 5) is 39.3. The Labute approximate surface area is 351 Å². The van der Waals surface area contributed by atoms with Gasteiger partial charge in [0.25, 0.3) is 0 Å². The molecule has 0 aromatic rings. The van der Waals surface area contributed by atoms with Crippen molar-refractivity contribution < 1.29 is 33.7 Å². The van der Waals surface area contributed by atoms with Gasteiger partial charge in [0.1, 0.15) is 0 Å². The second-order valence-corrected chi connectivity index (χ2v) is 16.2. The van der Waals surface area contributed by atoms with Crippen LogP contribution in [0.3, 0.4) is 0 Å². The molecule has 0 aliphatic rings. The molecule has 0 amide bonds. The summed E-state index contributed by atoms with van der Waals surface area (Å²) in [7, 11) is 0. The summed E-state index contributed by atoms with van der Waals surface area (Å²) in [6.07, 6.45) is 41.2. The van der Waals surface area contributed by atoms with E-state index in [0.717, 1.165) is 122 Å². The summed E-state index contributed by atoms with van der Waals surface area (Å²) >= 11 is 0. The Morgan fingerprint density at radius 1 is 0.474 bits per heavy atom. The quantitative estimate of drug-likeness (QED) is 0.0281. The first kappa shape index (κ1) is 54.8. The zero-order valence-corrected chi connectivity index (χ0v) is 37.6. The minimum Gasteiger partial charge on any atom is -0.466 e. The van der Waals surface area contributed by atoms with Crippen molar-refractivity contribution in [2.24, 2.45) is 5.92 Å². The molecule has 0 rings (SSSR count). The van der Waals surface area contributed by atoms with Crippen molar-refractivity contribution in [2.45, 2.75) is 220 Å². The minimum absolute atomic E-state index is 0.00117. The summed E-state index contributed by atoms with van der Waals surface area (Å²) in [6.45, 7) is 10.3. The molecule has 0 aliphatic heterocycles. The summed E-state index contributed by atoms with van der Waals surface area (Å²) in [5.41, 5.74) is 0. The van der Waals surface area contributed by atoms with Crippen LogP contribution in [0.2, 0.25) is 0 Å². The molecule has 0 bridgehead atoms. The van der Waals surface area contributed by atoms with E-state index in [-0.39, 0.29) is 30.4 Å². The Hall–Kier alpha value is -2.19. The number of esters is 3. The fourth-order valence-corrected chi connectivity index (χ4v) is 6.90. The maximum Gasteiger partial charge on any atom is 0.305 e. The van der Waals surface area contributed by atoms with Gasteiger partial charge in [-0.3, -0.25) is 14.4 Å². The van der Waals surface area contributed by atoms with Crippen molar-refractivity contribution in [1.29, 1.82) is 0 Å². The Balaban J connectivity index is 4.16. The number of carbonyl (C=O) groups is 3. The largest absolute Gasteiger partial charge is 0.466 e. The third-order valence-corrected chi connectivity index (χ3v) is 10.6. The number of rotatable bonds is 44. The van der Waals surface area contributed by atoms with Crippen molar-refractivity contribution >= 4 is 17.9 Å². The molecule has 57 heavy (non-hydrogen) atoms. The van der Waals surface area contributed by atoms with E-state index in [9.17, 15) is 19.5 Å². The number of hydrogen-bond donors (Lipinski definition) is 1. The van der Waals surface area contributed by atoms with Crippen LogP contribution in [0.25, 0.3) is 0 Å². The van der Waals surface area contributed by atoms with E-state index < -0.39 is 0 Å². The fraction of sp³-hybridized carbons (Fsp3) is 0.857. The summed E-state index contributed by atoms with van der Waals surface area (Å²) in [5.74, 6) is -0.375. The molecule has 0 aliphatic carbocycles. The van der Waals surface area contributed by atoms with Crippen LogP contribution in [0, 0.1) is 5.92 Å². The van der Waals surface area contributed by atoms with Crippen molar-refractivity contribution in [2.75, 3.05) is 46.1 Å². The maximum absolute atomic E-state index is 12.4. The van der Waals surface area contributed by atoms with E-state index in [4.69, 9.17) is 14.2 Å². The van der Waals surface area contributed by atoms with E-state index in [2.05, 4.69) is 50.0 Å². The van der Waals surface area contributed by atoms with Gasteiger partial charge in [-0.15, -0.1) is 0 Å². The topological polar surface area (TPSA) is 102 Å². The average Bonchev–Trinajstić information content (AvgIpc) is 3.20. The van der Waals surface area contributed by atoms with E-state index >= 15 is 0 Å². The molecular formula is C49H91NO7. The number of aliphatic hydroxyl groups is 1. The molecule has 1 N–H and O–H groups in total. The normalized spacial score (nSPS) is 11.8. The van der Waals surface area contributed by atoms with Gasteiger partial charge in [0.2, 0.25) is 0 Å². The Morgan fingerprint density at radius 3 is 1.44 bits per heavy atom. The Morgan fingerprint density at radius 2 is 0.895 bits per heavy atom. The summed E-state index contributed by atoms with van der Waals surface area (Å²) in [6, 6.07) is 0. The van der Waals surface area contributed by atoms with Crippen LogP contribution in [0.1, 0.15) is 220 Å². The van der Waals surface area contributed by atoms with Crippen molar-refractivity contribution in [3.63, 3.8) is 0 Å². The number of unbranched alkanes of at least 4 members (excludes halogenated alkanes) is 20. The molecular weight excluding hydrogens is 715 g/mol. The van der Waals surface area contributed by atoms with Gasteiger partial charge >= 0.3 is 17.9 Å². The molecule has 0 saturated carbocycles. The average molecular weight is 806 g/mol. The maximum atomic E-state index is 12.4. The van der Waals surface area contributed by atoms with Gasteiger partial charge in [-0.05, 0) is 90.1 Å². The highest BCUT2D eigenvalue weighted by molar-refractivity contribution is 5.70. The third-order valence-electron chi connectivity index (χ3n) is 10.6. The van der Waals surface area contributed by atoms with Gasteiger partial charge in [-0.25, -0.2) is 0 Å². The van der Waals surface area contributed by atoms with Crippen LogP contribution in [-0.4, -0.2) is 74.0 Å². The van der Waals surface area contributed by atoms with E-state index in [1.165, 1.54) is 70.6 Å². The van der Waals surface area contributed by atoms with E-state index in [1.54, 1.807) is 0 Å². The van der Waals surface area contributed by atoms with Crippen LogP contribution in [0.5, 0.6) is 0 Å². The van der Waals surface area contributed by atoms with Crippen LogP contribution in [0.15, 0.2) is 24.3 Å². The van der Waals surface area contributed by atoms with Crippen molar-refractivity contribution in [3.05, 3.63) is 24.3 Å². The fourth-order valence-electron chi connectivity index (χ4n) is 6.90. The molecule has 0 saturated heterocycles. The van der Waals surface area contributed by atoms with Gasteiger partial charge in [0, 0.05) is 31.7 Å². The number of hydrogen-bond acceptors (Lipinski definition) is 8. The number of ether oxygens (including phenoxy) is 3. The highest BCUT2D eigenvalue weighted by atomic mass is 16.5. The SMILES string of the molecule is CCCCC/C=C\C/C=C\CCCCCCCC(=O)OCCCCCCN(CCO)CCCCC(COC(=O)CCCCCCC)COC(=O)CCCCCCC. The standard InChI is InChI=1S/C49H91NO7/c1-4-7-10-13-14-15-16-17-18-19-20-21-22-25-30-36-47(52)55-43-34-27-26-32-39-50(41-42-51)40-33-31-35-46(44-56-48(53)37-28-23-11-8-5-2)45-57-49(54)38-29-24-12-9-6-3/h14-15,17-18,46,51H,4-13,16,19-45H2,1-3H3/b15-14-,18-17-. The third kappa shape index (κ3) is 41.8. The predicted molar refractivity (Wildman–Crippen MR) is 238 cm³/mol. The molecule has 8 nitrogen and oxygen atoms in total. The highest BCUT2D eigenvalue weighted by Crippen LogP contribution is 2.15. The first-order valence-electron chi connectivity index (χ1n) is 24.1. The first-order valence-corrected chi connectivity index (χ1v) is 24.1. The molecule has 0 unspecified atom stereocenters. The molecule has 0 atom stereocenters. The van der Waals surface area contributed by atoms with Gasteiger partial charge < -0.3 is 24.2 Å². The zero-order valence-electron chi connectivity index (χ0n) is 37.6. The van der Waals surface area contributed by atoms with Gasteiger partial charge in [0.15, 0.2) is 0 Å². The summed E-state index contributed by atoms with van der Waals surface area (Å²) < 4.78 is 16.8. The molecule has 0 aromatic heterocycles. The van der Waals surface area contributed by atoms with E-state index in [0.29, 0.717) is 45.6 Å². The Bertz CT molecular complexity index is 922. The lowest BCUT2D eigenvalue weighted by Crippen LogP contribution is -2.29. The smallest absolute Gasteiger partial charge is 0.305 e. The van der Waals surface area contributed by atoms with Crippen molar-refractivity contribution in [3.8, 4) is 0 Å². The lowest BCUT2D eigenvalue weighted by atomic mass is 10.0. The monoisotopic (exact) mass is 806 g/mol. The first-order chi connectivity index (χ1) is 28.0. The van der Waals surface area contributed by atoms with Crippen LogP contribution >= 0.6 is 0 Å². The molecule has 0 heterocycles. The minimum atomic E-state index is -0.154. The lowest BCUT2D eigenvalue weighted by Gasteiger charge is -2.22. The van der Waals surface area contributed by atoms with Crippen LogP contribution < -0.4 is 0 Å². The lowest BCUT2D eigenvalue weighted by molar-refractivity contribution is -0.149. The predicted octanol–water partition coefficient (Wildman–Crippen LogP) is 12.8. The molecule has 0 fully saturated rings. The molecule has 334 valence electrons. The second-order valence-electron chi connectivity index (χ2n) is 16.2. The molecule has 8 heteroatoms. The Kier molecular flexibility index (Phi) is 43.2. The number of aliphatic hydroxyl groups excluding tert-OH is 1. The van der Waals surface area contributed by atoms with Crippen LogP contribution in [0.4, 0.5) is 0 Å². The van der Waals surface area contributed by atoms with Gasteiger partial charge in [0.05, 0.1) is 26.4 Å². The van der Waals surface area contributed by atoms with E-state index in [1.807, 2.05) is 0 Å². The second kappa shape index (κ2) is 44.9. The van der Waals surface area contributed by atoms with Gasteiger partial charge in [-0.1, -0.05) is 148 Å². The molecule has 0 radical (unpaired) electrons. The summed E-state index contributed by atoms with van der Waals surface area (Å²) in [5, 5.41) is 9.65. The highest BCUT2D eigenvalue weighted by Gasteiger charge is 2.16. The van der Waals surface area contributed by atoms with Crippen molar-refractivity contribution in [1.82, 2.24) is 4.90 Å².